The van der Waals surface area contributed by atoms with E-state index in [4.69, 9.17) is 4.74 Å². The molecule has 0 unspecified atom stereocenters. The summed E-state index contributed by atoms with van der Waals surface area (Å²) in [6, 6.07) is 7.19. The molecular weight excluding hydrogens is 330 g/mol. The van der Waals surface area contributed by atoms with Gasteiger partial charge < -0.3 is 10.1 Å². The maximum atomic E-state index is 11.9. The lowest BCUT2D eigenvalue weighted by atomic mass is 10.1. The van der Waals surface area contributed by atoms with E-state index in [1.54, 1.807) is 6.08 Å². The number of carbonyl (C=O) groups excluding carboxylic acids is 2. The number of hydrogen-bond acceptors (Lipinski definition) is 5. The van der Waals surface area contributed by atoms with Crippen LogP contribution in [0.25, 0.3) is 6.08 Å². The van der Waals surface area contributed by atoms with Gasteiger partial charge in [0.05, 0.1) is 11.5 Å². The Morgan fingerprint density at radius 2 is 1.96 bits per heavy atom. The summed E-state index contributed by atoms with van der Waals surface area (Å²) in [6.07, 6.45) is 2.27. The average Bonchev–Trinajstić information content (AvgIpc) is 2.85. The minimum absolute atomic E-state index is 0.0628. The molecule has 2 atom stereocenters. The van der Waals surface area contributed by atoms with E-state index in [0.29, 0.717) is 6.42 Å². The van der Waals surface area contributed by atoms with Gasteiger partial charge in [-0.15, -0.1) is 0 Å². The van der Waals surface area contributed by atoms with Gasteiger partial charge in [-0.2, -0.15) is 0 Å². The Morgan fingerprint density at radius 3 is 2.54 bits per heavy atom. The van der Waals surface area contributed by atoms with Crippen molar-refractivity contribution in [3.05, 3.63) is 41.5 Å². The van der Waals surface area contributed by atoms with Gasteiger partial charge in [0, 0.05) is 12.1 Å². The number of rotatable bonds is 5. The van der Waals surface area contributed by atoms with Gasteiger partial charge in [-0.25, -0.2) is 13.2 Å². The normalized spacial score (nSPS) is 20.7. The topological polar surface area (TPSA) is 89.5 Å². The van der Waals surface area contributed by atoms with Crippen molar-refractivity contribution in [3.63, 3.8) is 0 Å². The zero-order valence-corrected chi connectivity index (χ0v) is 14.5. The number of aryl methyl sites for hydroxylation is 1. The highest BCUT2D eigenvalue weighted by atomic mass is 32.2. The Labute approximate surface area is 141 Å². The molecule has 1 amide bonds. The standard InChI is InChI=1S/C17H21NO5S/c1-12-3-5-14(6-4-12)7-8-16(19)23-13(2)17(20)18-15-9-10-24(21,22)11-15/h3-8,13,15H,9-11H2,1-2H3,(H,18,20)/b8-7+/t13-,15-/m0/s1. The first-order chi connectivity index (χ1) is 11.2. The molecule has 1 fully saturated rings. The molecule has 0 bridgehead atoms. The van der Waals surface area contributed by atoms with Gasteiger partial charge in [0.2, 0.25) is 0 Å². The fourth-order valence-corrected chi connectivity index (χ4v) is 4.01. The molecule has 0 saturated carbocycles. The fraction of sp³-hybridized carbons (Fsp3) is 0.412. The molecule has 1 aromatic rings. The monoisotopic (exact) mass is 351 g/mol. The lowest BCUT2D eigenvalue weighted by Gasteiger charge is -2.15. The van der Waals surface area contributed by atoms with E-state index in [2.05, 4.69) is 5.32 Å². The highest BCUT2D eigenvalue weighted by Gasteiger charge is 2.30. The second kappa shape index (κ2) is 7.61. The third kappa shape index (κ3) is 5.49. The van der Waals surface area contributed by atoms with Gasteiger partial charge >= 0.3 is 5.97 Å². The zero-order chi connectivity index (χ0) is 17.7. The summed E-state index contributed by atoms with van der Waals surface area (Å²) in [7, 11) is -3.07. The van der Waals surface area contributed by atoms with Crippen molar-refractivity contribution in [2.75, 3.05) is 11.5 Å². The average molecular weight is 351 g/mol. The Balaban J connectivity index is 1.82. The van der Waals surface area contributed by atoms with Crippen LogP contribution in [-0.4, -0.2) is 43.9 Å². The van der Waals surface area contributed by atoms with Crippen LogP contribution in [0.4, 0.5) is 0 Å². The molecule has 1 aliphatic heterocycles. The number of hydrogen-bond donors (Lipinski definition) is 1. The quantitative estimate of drug-likeness (QED) is 0.637. The Bertz CT molecular complexity index is 737. The van der Waals surface area contributed by atoms with Crippen molar-refractivity contribution in [1.29, 1.82) is 0 Å². The van der Waals surface area contributed by atoms with Crippen LogP contribution in [0.3, 0.4) is 0 Å². The van der Waals surface area contributed by atoms with Crippen LogP contribution < -0.4 is 5.32 Å². The first-order valence-corrected chi connectivity index (χ1v) is 9.53. The zero-order valence-electron chi connectivity index (χ0n) is 13.7. The molecule has 1 saturated heterocycles. The van der Waals surface area contributed by atoms with E-state index in [1.165, 1.54) is 13.0 Å². The Kier molecular flexibility index (Phi) is 5.77. The third-order valence-corrected chi connectivity index (χ3v) is 5.50. The van der Waals surface area contributed by atoms with Crippen molar-refractivity contribution in [2.45, 2.75) is 32.4 Å². The molecule has 1 aliphatic rings. The molecule has 0 aromatic heterocycles. The smallest absolute Gasteiger partial charge is 0.331 e. The maximum absolute atomic E-state index is 11.9. The number of amides is 1. The van der Waals surface area contributed by atoms with Crippen LogP contribution in [0.15, 0.2) is 30.3 Å². The second-order valence-corrected chi connectivity index (χ2v) is 8.16. The van der Waals surface area contributed by atoms with Gasteiger partial charge in [0.15, 0.2) is 15.9 Å². The molecule has 2 rings (SSSR count). The Hall–Kier alpha value is -2.15. The van der Waals surface area contributed by atoms with Gasteiger partial charge in [-0.1, -0.05) is 29.8 Å². The lowest BCUT2D eigenvalue weighted by Crippen LogP contribution is -2.42. The van der Waals surface area contributed by atoms with Crippen molar-refractivity contribution in [2.24, 2.45) is 0 Å². The Morgan fingerprint density at radius 1 is 1.29 bits per heavy atom. The summed E-state index contributed by atoms with van der Waals surface area (Å²) in [4.78, 5) is 23.7. The molecule has 24 heavy (non-hydrogen) atoms. The SMILES string of the molecule is Cc1ccc(/C=C/C(=O)O[C@@H](C)C(=O)N[C@H]2CCS(=O)(=O)C2)cc1. The molecule has 0 radical (unpaired) electrons. The van der Waals surface area contributed by atoms with E-state index in [-0.39, 0.29) is 11.5 Å². The number of benzene rings is 1. The van der Waals surface area contributed by atoms with E-state index in [1.807, 2.05) is 31.2 Å². The molecule has 1 aromatic carbocycles. The van der Waals surface area contributed by atoms with Crippen molar-refractivity contribution in [1.82, 2.24) is 5.32 Å². The summed E-state index contributed by atoms with van der Waals surface area (Å²) >= 11 is 0. The number of sulfone groups is 1. The van der Waals surface area contributed by atoms with Gasteiger partial charge in [0.25, 0.3) is 5.91 Å². The lowest BCUT2D eigenvalue weighted by molar-refractivity contribution is -0.150. The van der Waals surface area contributed by atoms with Gasteiger partial charge in [-0.05, 0) is 31.9 Å². The molecule has 0 spiro atoms. The number of carbonyl (C=O) groups is 2. The number of esters is 1. The first kappa shape index (κ1) is 18.2. The van der Waals surface area contributed by atoms with Crippen LogP contribution in [0.1, 0.15) is 24.5 Å². The highest BCUT2D eigenvalue weighted by Crippen LogP contribution is 2.11. The molecular formula is C17H21NO5S. The summed E-state index contributed by atoms with van der Waals surface area (Å²) < 4.78 is 27.8. The van der Waals surface area contributed by atoms with Crippen molar-refractivity contribution < 1.29 is 22.7 Å². The van der Waals surface area contributed by atoms with E-state index in [9.17, 15) is 18.0 Å². The van der Waals surface area contributed by atoms with Crippen LogP contribution >= 0.6 is 0 Å². The fourth-order valence-electron chi connectivity index (χ4n) is 2.34. The highest BCUT2D eigenvalue weighted by molar-refractivity contribution is 7.91. The molecule has 6 nitrogen and oxygen atoms in total. The van der Waals surface area contributed by atoms with Crippen LogP contribution in [-0.2, 0) is 24.2 Å². The predicted molar refractivity (Wildman–Crippen MR) is 91.0 cm³/mol. The second-order valence-electron chi connectivity index (χ2n) is 5.93. The maximum Gasteiger partial charge on any atom is 0.331 e. The summed E-state index contributed by atoms with van der Waals surface area (Å²) in [5, 5.41) is 2.60. The largest absolute Gasteiger partial charge is 0.449 e. The van der Waals surface area contributed by atoms with Crippen LogP contribution in [0.2, 0.25) is 0 Å². The van der Waals surface area contributed by atoms with E-state index in [0.717, 1.165) is 11.1 Å². The molecule has 7 heteroatoms. The van der Waals surface area contributed by atoms with Gasteiger partial charge in [0.1, 0.15) is 0 Å². The van der Waals surface area contributed by atoms with Crippen LogP contribution in [0.5, 0.6) is 0 Å². The van der Waals surface area contributed by atoms with Crippen molar-refractivity contribution >= 4 is 27.8 Å². The minimum atomic E-state index is -3.07. The summed E-state index contributed by atoms with van der Waals surface area (Å²) in [6.45, 7) is 3.42. The number of nitrogens with one attached hydrogen (secondary N) is 1. The predicted octanol–water partition coefficient (Wildman–Crippen LogP) is 1.24. The minimum Gasteiger partial charge on any atom is -0.449 e. The van der Waals surface area contributed by atoms with Crippen molar-refractivity contribution in [3.8, 4) is 0 Å². The summed E-state index contributed by atoms with van der Waals surface area (Å²) in [5.41, 5.74) is 1.97. The van der Waals surface area contributed by atoms with E-state index >= 15 is 0 Å². The van der Waals surface area contributed by atoms with Gasteiger partial charge in [-0.3, -0.25) is 4.79 Å². The van der Waals surface area contributed by atoms with Crippen LogP contribution in [0, 0.1) is 6.92 Å². The molecule has 1 N–H and O–H groups in total. The molecule has 1 heterocycles. The third-order valence-electron chi connectivity index (χ3n) is 3.73. The molecule has 0 aliphatic carbocycles. The summed E-state index contributed by atoms with van der Waals surface area (Å²) in [5.74, 6) is -1.11. The van der Waals surface area contributed by atoms with E-state index < -0.39 is 33.9 Å². The number of ether oxygens (including phenoxy) is 1. The first-order valence-electron chi connectivity index (χ1n) is 7.71. The molecule has 130 valence electrons.